The molecule has 57 heavy (non-hydrogen) atoms. The Bertz CT molecular complexity index is 2090. The van der Waals surface area contributed by atoms with Gasteiger partial charge < -0.3 is 0 Å². The molecule has 15 heteroatoms. The fraction of sp³-hybridized carbons (Fsp3) is 0.452. The van der Waals surface area contributed by atoms with Crippen LogP contribution in [0, 0.1) is 18.3 Å². The Labute approximate surface area is 333 Å². The van der Waals surface area contributed by atoms with Crippen LogP contribution < -0.4 is 26.5 Å². The van der Waals surface area contributed by atoms with Crippen LogP contribution in [-0.2, 0) is 28.6 Å². The summed E-state index contributed by atoms with van der Waals surface area (Å²) in [6.45, 7) is 9.91. The molecular weight excluding hydrogens is 749 g/mol. The Morgan fingerprint density at radius 3 is 1.98 bits per heavy atom. The summed E-state index contributed by atoms with van der Waals surface area (Å²) < 4.78 is 50.0. The average Bonchev–Trinajstić information content (AvgIpc) is 3.72. The number of rotatable bonds is 17. The zero-order valence-corrected chi connectivity index (χ0v) is 34.5. The quantitative estimate of drug-likeness (QED) is 0.0977. The summed E-state index contributed by atoms with van der Waals surface area (Å²) >= 11 is 0. The zero-order valence-electron chi connectivity index (χ0n) is 33.6. The molecule has 4 aromatic rings. The van der Waals surface area contributed by atoms with Crippen molar-refractivity contribution in [1.82, 2.24) is 14.2 Å². The molecule has 0 aliphatic carbocycles. The van der Waals surface area contributed by atoms with Gasteiger partial charge in [-0.05, 0) is 0 Å². The Kier molecular flexibility index (Phi) is 12.7. The molecule has 6 rings (SSSR count). The summed E-state index contributed by atoms with van der Waals surface area (Å²) in [7, 11) is -1.23. The summed E-state index contributed by atoms with van der Waals surface area (Å²) in [4.78, 5) is 28.5. The van der Waals surface area contributed by atoms with Crippen LogP contribution in [0.3, 0.4) is 0 Å². The number of nitrogens with one attached hydrogen (secondary N) is 1. The molecule has 2 aliphatic rings. The second-order valence-corrected chi connectivity index (χ2v) is 18.4. The van der Waals surface area contributed by atoms with Gasteiger partial charge in [0.2, 0.25) is 0 Å². The molecule has 2 fully saturated rings. The number of hydrogen-bond acceptors (Lipinski definition) is 12. The molecule has 3 heterocycles. The minimum absolute atomic E-state index is 0.0595. The summed E-state index contributed by atoms with van der Waals surface area (Å²) in [6.07, 6.45) is -2.07. The summed E-state index contributed by atoms with van der Waals surface area (Å²) in [5, 5.41) is 10.0. The van der Waals surface area contributed by atoms with Crippen molar-refractivity contribution in [2.45, 2.75) is 83.3 Å². The monoisotopic (exact) mass is 803 g/mol. The third kappa shape index (κ3) is 7.79. The summed E-state index contributed by atoms with van der Waals surface area (Å²) in [5.74, 6) is 1.36. The van der Waals surface area contributed by atoms with Crippen LogP contribution >= 0.6 is 7.43 Å². The Hall–Kier alpha value is -4.42. The van der Waals surface area contributed by atoms with E-state index in [1.807, 2.05) is 107 Å². The minimum atomic E-state index is -4.47. The van der Waals surface area contributed by atoms with Crippen LogP contribution in [0.4, 0.5) is 0 Å². The van der Waals surface area contributed by atoms with Gasteiger partial charge in [-0.2, -0.15) is 0 Å². The molecule has 0 amide bonds. The maximum atomic E-state index is 13.6. The van der Waals surface area contributed by atoms with E-state index in [-0.39, 0.29) is 44.4 Å². The molecule has 14 nitrogen and oxygen atoms in total. The van der Waals surface area contributed by atoms with Crippen molar-refractivity contribution >= 4 is 7.43 Å². The molecule has 2 saturated heterocycles. The first-order valence-corrected chi connectivity index (χ1v) is 21.4. The number of benzene rings is 3. The molecule has 306 valence electrons. The van der Waals surface area contributed by atoms with Crippen molar-refractivity contribution in [2.75, 3.05) is 40.1 Å². The molecule has 3 N–H and O–H groups in total. The second kappa shape index (κ2) is 17.2. The first-order valence-electron chi connectivity index (χ1n) is 19.2. The van der Waals surface area contributed by atoms with Gasteiger partial charge in [-0.3, -0.25) is 0 Å². The Morgan fingerprint density at radius 2 is 1.46 bits per heavy atom. The molecule has 3 aromatic carbocycles. The van der Waals surface area contributed by atoms with Gasteiger partial charge in [0.15, 0.2) is 0 Å². The van der Waals surface area contributed by atoms with Crippen molar-refractivity contribution in [3.05, 3.63) is 128 Å². The molecular formula is C42H54N5O9P. The molecule has 0 bridgehead atoms. The van der Waals surface area contributed by atoms with Gasteiger partial charge in [0.05, 0.1) is 0 Å². The van der Waals surface area contributed by atoms with Crippen molar-refractivity contribution in [3.63, 3.8) is 0 Å². The number of aromatic nitrogens is 2. The van der Waals surface area contributed by atoms with Gasteiger partial charge in [-0.15, -0.1) is 0 Å². The first kappa shape index (κ1) is 42.2. The predicted octanol–water partition coefficient (Wildman–Crippen LogP) is 5.77. The number of aromatic amines is 1. The number of fused-ring (bicyclic) bond motifs is 1. The third-order valence-electron chi connectivity index (χ3n) is 10.6. The Balaban J connectivity index is 1.54. The van der Waals surface area contributed by atoms with Crippen LogP contribution in [0.1, 0.15) is 62.6 Å². The van der Waals surface area contributed by atoms with Crippen LogP contribution in [0.25, 0.3) is 0 Å². The first-order chi connectivity index (χ1) is 27.4. The predicted molar refractivity (Wildman–Crippen MR) is 217 cm³/mol. The molecule has 0 unspecified atom stereocenters. The number of methoxy groups -OCH3 is 2. The van der Waals surface area contributed by atoms with Crippen molar-refractivity contribution in [3.8, 4) is 17.6 Å². The SMILES string of the molecule is COc1ccc(C(OC[C@H]2O[C@@H](n3cc(C)c(=O)[nH]c3=O)[C@@H]3OP(CCC#N)(OCCN)(N(C(C)C)C(C)C)O[C@@H]32)(c2ccccc2)c2ccc(OC)cc2)cc1. The fourth-order valence-corrected chi connectivity index (χ4v) is 13.6. The molecule has 4 atom stereocenters. The maximum absolute atomic E-state index is 13.6. The van der Waals surface area contributed by atoms with Crippen LogP contribution in [0.15, 0.2) is 94.6 Å². The van der Waals surface area contributed by atoms with E-state index in [1.54, 1.807) is 21.1 Å². The summed E-state index contributed by atoms with van der Waals surface area (Å²) in [6, 6.07) is 27.2. The van der Waals surface area contributed by atoms with Gasteiger partial charge in [0.1, 0.15) is 0 Å². The van der Waals surface area contributed by atoms with E-state index < -0.39 is 48.8 Å². The number of H-pyrrole nitrogens is 1. The van der Waals surface area contributed by atoms with E-state index in [4.69, 9.17) is 38.3 Å². The summed E-state index contributed by atoms with van der Waals surface area (Å²) in [5.41, 5.74) is 6.47. The molecule has 0 radical (unpaired) electrons. The van der Waals surface area contributed by atoms with Crippen LogP contribution in [0.2, 0.25) is 0 Å². The number of nitriles is 1. The van der Waals surface area contributed by atoms with E-state index >= 15 is 0 Å². The standard InChI is InChI=1S/C42H54N5O9P/c1-28(2)47(29(3)4)57(25-11-22-43,53-24-23-44)55-37-36(54-40(38(37)56-57)46-26-30(5)39(48)45-41(46)49)27-52-42(31-12-9-8-10-13-31,32-14-18-34(50-6)19-15-32)33-16-20-35(51-7)21-17-33/h8-10,12-21,26,28-29,36-38,40H,11,23-25,27,44H2,1-7H3,(H,45,48,49)/t36-,37-,38-,40-/m1/s1. The van der Waals surface area contributed by atoms with E-state index in [0.717, 1.165) is 16.7 Å². The van der Waals surface area contributed by atoms with Crippen molar-refractivity contribution in [1.29, 1.82) is 5.26 Å². The van der Waals surface area contributed by atoms with Gasteiger partial charge in [-0.1, -0.05) is 0 Å². The van der Waals surface area contributed by atoms with E-state index in [2.05, 4.69) is 15.7 Å². The van der Waals surface area contributed by atoms with Gasteiger partial charge in [-0.25, -0.2) is 0 Å². The number of ether oxygens (including phenoxy) is 4. The van der Waals surface area contributed by atoms with E-state index in [0.29, 0.717) is 17.1 Å². The molecule has 1 aromatic heterocycles. The molecule has 0 spiro atoms. The van der Waals surface area contributed by atoms with Crippen molar-refractivity contribution in [2.24, 2.45) is 5.73 Å². The number of aryl methyl sites for hydroxylation is 1. The van der Waals surface area contributed by atoms with Gasteiger partial charge >= 0.3 is 334 Å². The Morgan fingerprint density at radius 1 is 0.895 bits per heavy atom. The van der Waals surface area contributed by atoms with E-state index in [9.17, 15) is 14.9 Å². The second-order valence-electron chi connectivity index (χ2n) is 14.8. The van der Waals surface area contributed by atoms with Crippen LogP contribution in [0.5, 0.6) is 11.5 Å². The third-order valence-corrected chi connectivity index (χ3v) is 15.4. The van der Waals surface area contributed by atoms with Gasteiger partial charge in [0.25, 0.3) is 0 Å². The van der Waals surface area contributed by atoms with Gasteiger partial charge in [0, 0.05) is 0 Å². The number of nitrogens with zero attached hydrogens (tertiary/aromatic N) is 3. The topological polar surface area (TPSA) is 173 Å². The average molecular weight is 804 g/mol. The van der Waals surface area contributed by atoms with Crippen LogP contribution in [-0.4, -0.2) is 84.8 Å². The zero-order chi connectivity index (χ0) is 41.0. The van der Waals surface area contributed by atoms with Crippen molar-refractivity contribution < 1.29 is 32.5 Å². The van der Waals surface area contributed by atoms with E-state index in [1.165, 1.54) is 10.8 Å². The molecule has 0 saturated carbocycles. The number of hydrogen-bond donors (Lipinski definition) is 2. The fourth-order valence-electron chi connectivity index (χ4n) is 8.35. The molecule has 2 aliphatic heterocycles. The normalized spacial score (nSPS) is 21.9. The number of nitrogens with two attached hydrogens (primary N) is 1.